The van der Waals surface area contributed by atoms with Gasteiger partial charge in [-0.15, -0.1) is 11.8 Å². The Morgan fingerprint density at radius 2 is 0.977 bits per heavy atom. The van der Waals surface area contributed by atoms with E-state index in [9.17, 15) is 90.5 Å². The van der Waals surface area contributed by atoms with Gasteiger partial charge >= 0.3 is 12.1 Å². The standard InChI is InChI=1S/C94H119F3N16O18S/c1-11-12-32-75(91(129)110(7)53-79(117)102-71(50-81(119)120)87(125)108-82(57(4)5)93(131)112(9)76(47-59-26-18-14-19-27-59)88(126)106-72(89(127)109(6)41-42-114)46-62-35-39-65(115)40-36-62)111(8)92(130)77(48-60-28-20-15-21-29-60)113(10)90(128)73(45-58-24-16-13-17-25-58)103-80(118)55-132-54-74(84(122)101-52-78(99)116)107-85(123)69(43-56(2)3)105-86(124)70(44-61-33-37-64(38-34-61)94(95,96)97)104-83(121)67(98)49-63-51-100-68-31-23-22-30-66(63)68/h13-31,33-40,42,51,56-57,67,69-77,82,100,115H,11-12,32,41,43-50,52-55,98H2,1-10H3,(H2,99,116)(H,101,122)(H,102,117)(H,103,118)(H,104,121)(H,105,124)(H,106,126)(H,107,123)(H,108,125)(H,119,120). The van der Waals surface area contributed by atoms with Crippen LogP contribution in [-0.4, -0.2) is 267 Å². The minimum absolute atomic E-state index is 0.00323. The van der Waals surface area contributed by atoms with Crippen molar-refractivity contribution in [2.75, 3.05) is 66.4 Å². The van der Waals surface area contributed by atoms with Gasteiger partial charge in [-0.1, -0.05) is 181 Å². The molecule has 710 valence electrons. The number of hydrogen-bond donors (Lipinski definition) is 13. The average Bonchev–Trinajstić information content (AvgIpc) is 1.16. The molecule has 1 aromatic heterocycles. The third-order valence-electron chi connectivity index (χ3n) is 22.1. The van der Waals surface area contributed by atoms with Crippen molar-refractivity contribution in [3.63, 3.8) is 0 Å². The van der Waals surface area contributed by atoms with E-state index in [1.54, 1.807) is 143 Å². The van der Waals surface area contributed by atoms with Gasteiger partial charge in [0.25, 0.3) is 0 Å². The van der Waals surface area contributed by atoms with Crippen LogP contribution in [-0.2, 0) is 121 Å². The lowest BCUT2D eigenvalue weighted by Crippen LogP contribution is -2.61. The van der Waals surface area contributed by atoms with E-state index >= 15 is 9.59 Å². The first kappa shape index (κ1) is 106. The number of hydrogen-bond acceptors (Lipinski definition) is 19. The number of aromatic nitrogens is 1. The zero-order chi connectivity index (χ0) is 97.2. The number of phenols is 1. The van der Waals surface area contributed by atoms with Gasteiger partial charge in [0.1, 0.15) is 72.5 Å². The number of amides is 14. The third-order valence-corrected chi connectivity index (χ3v) is 23.1. The van der Waals surface area contributed by atoms with E-state index in [1.165, 1.54) is 47.4 Å². The second-order valence-corrected chi connectivity index (χ2v) is 34.3. The lowest BCUT2D eigenvalue weighted by molar-refractivity contribution is -0.151. The number of carboxylic acid groups (broad SMARTS) is 1. The largest absolute Gasteiger partial charge is 0.508 e. The van der Waals surface area contributed by atoms with Crippen LogP contribution in [0.5, 0.6) is 5.75 Å². The number of likely N-dealkylation sites (N-methyl/N-ethyl adjacent to an activating group) is 5. The summed E-state index contributed by atoms with van der Waals surface area (Å²) < 4.78 is 41.1. The van der Waals surface area contributed by atoms with Crippen LogP contribution in [0.3, 0.4) is 0 Å². The molecule has 38 heteroatoms. The zero-order valence-electron chi connectivity index (χ0n) is 75.4. The van der Waals surface area contributed by atoms with Gasteiger partial charge in [-0.3, -0.25) is 71.9 Å². The SMILES string of the molecule is CCCCC(C(=O)N(C)CC(=O)NC(CC(=O)O)C(=O)NC(C(=O)N(C)C(Cc1ccccc1)C(=O)NC(Cc1ccc(O)cc1)C(=O)N(C)CC=O)C(C)C)N(C)C(=O)C(Cc1ccccc1)N(C)C(=O)C(Cc1ccccc1)NC(=O)CSCC(NC(=O)C(CC(C)C)NC(=O)C(Cc1ccc(C(F)(F)F)cc1)NC(=O)C(N)Cc1c[nH]c2ccccc12)C(=O)NCC(N)=O. The first-order valence-electron chi connectivity index (χ1n) is 43.1. The highest BCUT2D eigenvalue weighted by Crippen LogP contribution is 2.30. The highest BCUT2D eigenvalue weighted by molar-refractivity contribution is 8.00. The van der Waals surface area contributed by atoms with Crippen LogP contribution < -0.4 is 54.0 Å². The summed E-state index contributed by atoms with van der Waals surface area (Å²) in [5.74, 6) is -15.9. The number of carboxylic acids is 1. The number of phenolic OH excluding ortho intramolecular Hbond substituents is 1. The summed E-state index contributed by atoms with van der Waals surface area (Å²) in [6, 6.07) is 26.5. The molecule has 0 saturated heterocycles. The van der Waals surface area contributed by atoms with Crippen molar-refractivity contribution in [2.45, 2.75) is 178 Å². The van der Waals surface area contributed by atoms with Crippen molar-refractivity contribution in [3.05, 3.63) is 209 Å². The number of alkyl halides is 3. The van der Waals surface area contributed by atoms with Crippen LogP contribution in [0.15, 0.2) is 170 Å². The maximum absolute atomic E-state index is 15.5. The molecular weight excluding hydrogens is 1730 g/mol. The normalized spacial score (nSPS) is 13.8. The summed E-state index contributed by atoms with van der Waals surface area (Å²) in [6.45, 7) is 6.57. The number of fused-ring (bicyclic) bond motifs is 1. The number of carbonyl (C=O) groups excluding carboxylic acids is 15. The number of thioether (sulfide) groups is 1. The van der Waals surface area contributed by atoms with Crippen LogP contribution in [0.4, 0.5) is 13.2 Å². The number of para-hydroxylation sites is 1. The lowest BCUT2D eigenvalue weighted by Gasteiger charge is -2.37. The number of aromatic amines is 1. The van der Waals surface area contributed by atoms with E-state index in [1.807, 2.05) is 25.1 Å². The zero-order valence-corrected chi connectivity index (χ0v) is 76.2. The number of halogens is 3. The van der Waals surface area contributed by atoms with Gasteiger partial charge in [-0.2, -0.15) is 13.2 Å². The van der Waals surface area contributed by atoms with E-state index in [0.29, 0.717) is 46.9 Å². The third kappa shape index (κ3) is 32.5. The van der Waals surface area contributed by atoms with Gasteiger partial charge in [0.05, 0.1) is 43.4 Å². The molecule has 0 aliphatic heterocycles. The van der Waals surface area contributed by atoms with E-state index in [0.717, 1.165) is 71.4 Å². The van der Waals surface area contributed by atoms with Gasteiger partial charge in [0.15, 0.2) is 0 Å². The number of nitrogens with two attached hydrogens (primary N) is 2. The molecule has 11 atom stereocenters. The number of unbranched alkanes of at least 4 members (excludes halogenated alkanes) is 1. The topological polar surface area (TPSA) is 494 Å². The smallest absolute Gasteiger partial charge is 0.416 e. The minimum atomic E-state index is -4.70. The average molecular weight is 1850 g/mol. The predicted octanol–water partition coefficient (Wildman–Crippen LogP) is 3.67. The van der Waals surface area contributed by atoms with Crippen LogP contribution in [0, 0.1) is 11.8 Å². The summed E-state index contributed by atoms with van der Waals surface area (Å²) >= 11 is 0.800. The Labute approximate surface area is 768 Å². The maximum Gasteiger partial charge on any atom is 0.416 e. The van der Waals surface area contributed by atoms with Gasteiger partial charge in [-0.05, 0) is 94.8 Å². The van der Waals surface area contributed by atoms with Crippen molar-refractivity contribution in [3.8, 4) is 5.75 Å². The summed E-state index contributed by atoms with van der Waals surface area (Å²) in [7, 11) is 6.60. The second-order valence-electron chi connectivity index (χ2n) is 33.3. The molecule has 0 bridgehead atoms. The molecule has 7 aromatic rings. The highest BCUT2D eigenvalue weighted by atomic mass is 32.2. The fourth-order valence-electron chi connectivity index (χ4n) is 14.7. The molecule has 0 saturated carbocycles. The number of nitrogens with one attached hydrogen (secondary N) is 9. The summed E-state index contributed by atoms with van der Waals surface area (Å²) in [5, 5.41) is 41.6. The first-order chi connectivity index (χ1) is 62.6. The molecule has 0 radical (unpaired) electrons. The number of aromatic hydroxyl groups is 1. The quantitative estimate of drug-likeness (QED) is 0.0242. The Morgan fingerprint density at radius 1 is 0.492 bits per heavy atom. The number of carbonyl (C=O) groups is 16. The van der Waals surface area contributed by atoms with Gasteiger partial charge in [0.2, 0.25) is 82.7 Å². The van der Waals surface area contributed by atoms with Crippen LogP contribution in [0.25, 0.3) is 10.9 Å². The molecule has 132 heavy (non-hydrogen) atoms. The van der Waals surface area contributed by atoms with E-state index in [-0.39, 0.29) is 75.1 Å². The fourth-order valence-corrected chi connectivity index (χ4v) is 15.6. The molecular formula is C94H119F3N16O18S. The molecule has 0 fully saturated rings. The molecule has 14 amide bonds. The molecule has 1 heterocycles. The summed E-state index contributed by atoms with van der Waals surface area (Å²) in [6.07, 6.45) is -3.70. The van der Waals surface area contributed by atoms with Crippen LogP contribution >= 0.6 is 11.8 Å². The summed E-state index contributed by atoms with van der Waals surface area (Å²) in [5.41, 5.74) is 14.7. The van der Waals surface area contributed by atoms with Crippen LogP contribution in [0.1, 0.15) is 106 Å². The number of H-pyrrole nitrogens is 1. The molecule has 6 aromatic carbocycles. The van der Waals surface area contributed by atoms with Crippen molar-refractivity contribution in [1.82, 2.24) is 72.0 Å². The van der Waals surface area contributed by atoms with Gasteiger partial charge in [0, 0.05) is 90.2 Å². The predicted molar refractivity (Wildman–Crippen MR) is 488 cm³/mol. The number of primary amides is 1. The Balaban J connectivity index is 1.07. The molecule has 0 spiro atoms. The molecule has 7 rings (SSSR count). The number of rotatable bonds is 51. The van der Waals surface area contributed by atoms with Crippen molar-refractivity contribution < 1.29 is 100 Å². The number of nitrogens with zero attached hydrogens (tertiary/aromatic N) is 5. The highest BCUT2D eigenvalue weighted by Gasteiger charge is 2.42. The van der Waals surface area contributed by atoms with Crippen molar-refractivity contribution >= 4 is 118 Å². The van der Waals surface area contributed by atoms with Crippen molar-refractivity contribution in [2.24, 2.45) is 23.3 Å². The number of aliphatic carboxylic acids is 1. The Kier molecular flexibility index (Phi) is 40.9. The Hall–Kier alpha value is -13.5. The first-order valence-corrected chi connectivity index (χ1v) is 44.3. The molecule has 0 aliphatic rings. The van der Waals surface area contributed by atoms with Crippen molar-refractivity contribution in [1.29, 1.82) is 0 Å². The monoisotopic (exact) mass is 1850 g/mol. The molecule has 11 unspecified atom stereocenters. The molecule has 34 nitrogen and oxygen atoms in total. The Morgan fingerprint density at radius 3 is 1.53 bits per heavy atom. The van der Waals surface area contributed by atoms with Crippen LogP contribution in [0.2, 0.25) is 0 Å². The summed E-state index contributed by atoms with van der Waals surface area (Å²) in [4.78, 5) is 234. The van der Waals surface area contributed by atoms with E-state index in [4.69, 9.17) is 11.5 Å². The van der Waals surface area contributed by atoms with Gasteiger partial charge in [-0.25, -0.2) is 0 Å². The van der Waals surface area contributed by atoms with E-state index < -0.39 is 204 Å². The lowest BCUT2D eigenvalue weighted by atomic mass is 9.98. The molecule has 0 aliphatic carbocycles. The van der Waals surface area contributed by atoms with Gasteiger partial charge < -0.3 is 98.5 Å². The fraction of sp³-hybridized carbons (Fsp3) is 0.426. The number of aldehydes is 1. The Bertz CT molecular complexity index is 5120. The maximum atomic E-state index is 15.5. The van der Waals surface area contributed by atoms with E-state index in [2.05, 4.69) is 47.5 Å². The second kappa shape index (κ2) is 51.2. The molecule has 15 N–H and O–H groups in total. The number of benzene rings is 6. The minimum Gasteiger partial charge on any atom is -0.508 e.